The SMILES string of the molecule is COc1ccc(NC(=O)COC(=O)Cn2nnc(-c3ccc(C)cc3)n2)c(OC)c1. The van der Waals surface area contributed by atoms with E-state index in [9.17, 15) is 9.59 Å². The standard InChI is InChI=1S/C20H21N5O5/c1-13-4-6-14(7-5-13)20-22-24-25(23-20)11-19(27)30-12-18(26)21-16-9-8-15(28-2)10-17(16)29-3/h4-10H,11-12H2,1-3H3,(H,21,26). The number of ether oxygens (including phenoxy) is 3. The number of rotatable bonds is 8. The Morgan fingerprint density at radius 3 is 2.53 bits per heavy atom. The van der Waals surface area contributed by atoms with Crippen molar-refractivity contribution in [3.05, 3.63) is 48.0 Å². The van der Waals surface area contributed by atoms with Crippen LogP contribution in [-0.4, -0.2) is 52.9 Å². The van der Waals surface area contributed by atoms with E-state index in [1.54, 1.807) is 18.2 Å². The van der Waals surface area contributed by atoms with E-state index >= 15 is 0 Å². The molecule has 30 heavy (non-hydrogen) atoms. The Kier molecular flexibility index (Phi) is 6.58. The van der Waals surface area contributed by atoms with Crippen LogP contribution in [0.25, 0.3) is 11.4 Å². The second kappa shape index (κ2) is 9.50. The van der Waals surface area contributed by atoms with Gasteiger partial charge in [-0.3, -0.25) is 4.79 Å². The number of carbonyl (C=O) groups excluding carboxylic acids is 2. The van der Waals surface area contributed by atoms with Crippen molar-refractivity contribution in [1.29, 1.82) is 0 Å². The predicted molar refractivity (Wildman–Crippen MR) is 107 cm³/mol. The van der Waals surface area contributed by atoms with Crippen molar-refractivity contribution in [2.24, 2.45) is 0 Å². The summed E-state index contributed by atoms with van der Waals surface area (Å²) in [5, 5.41) is 14.5. The first-order chi connectivity index (χ1) is 14.5. The summed E-state index contributed by atoms with van der Waals surface area (Å²) in [7, 11) is 3.00. The highest BCUT2D eigenvalue weighted by atomic mass is 16.5. The molecule has 0 fully saturated rings. The van der Waals surface area contributed by atoms with Crippen LogP contribution < -0.4 is 14.8 Å². The highest BCUT2D eigenvalue weighted by Crippen LogP contribution is 2.28. The van der Waals surface area contributed by atoms with Crippen LogP contribution in [0.5, 0.6) is 11.5 Å². The molecule has 0 atom stereocenters. The van der Waals surface area contributed by atoms with Crippen molar-refractivity contribution < 1.29 is 23.8 Å². The summed E-state index contributed by atoms with van der Waals surface area (Å²) in [5.74, 6) is 0.219. The number of amides is 1. The van der Waals surface area contributed by atoms with Crippen LogP contribution in [0.2, 0.25) is 0 Å². The molecule has 0 bridgehead atoms. The molecule has 0 aliphatic heterocycles. The molecule has 0 unspecified atom stereocenters. The zero-order chi connectivity index (χ0) is 21.5. The third-order valence-electron chi connectivity index (χ3n) is 4.08. The molecule has 1 aromatic heterocycles. The highest BCUT2D eigenvalue weighted by molar-refractivity contribution is 5.94. The first kappa shape index (κ1) is 20.8. The molecule has 10 nitrogen and oxygen atoms in total. The number of aromatic nitrogens is 4. The molecule has 0 spiro atoms. The minimum atomic E-state index is -0.667. The number of hydrogen-bond donors (Lipinski definition) is 1. The third-order valence-corrected chi connectivity index (χ3v) is 4.08. The number of carbonyl (C=O) groups is 2. The topological polar surface area (TPSA) is 117 Å². The largest absolute Gasteiger partial charge is 0.497 e. The van der Waals surface area contributed by atoms with Crippen molar-refractivity contribution in [2.45, 2.75) is 13.5 Å². The Morgan fingerprint density at radius 2 is 1.83 bits per heavy atom. The first-order valence-corrected chi connectivity index (χ1v) is 9.01. The first-order valence-electron chi connectivity index (χ1n) is 9.01. The van der Waals surface area contributed by atoms with Gasteiger partial charge >= 0.3 is 5.97 Å². The van der Waals surface area contributed by atoms with Crippen molar-refractivity contribution in [3.63, 3.8) is 0 Å². The Labute approximate surface area is 172 Å². The number of tetrazole rings is 1. The Hall–Kier alpha value is -3.95. The average Bonchev–Trinajstić information content (AvgIpc) is 3.21. The summed E-state index contributed by atoms with van der Waals surface area (Å²) in [6.07, 6.45) is 0. The van der Waals surface area contributed by atoms with Crippen LogP contribution in [-0.2, 0) is 20.9 Å². The van der Waals surface area contributed by atoms with Crippen LogP contribution in [0.15, 0.2) is 42.5 Å². The Morgan fingerprint density at radius 1 is 1.07 bits per heavy atom. The molecular formula is C20H21N5O5. The van der Waals surface area contributed by atoms with Gasteiger partial charge in [0.2, 0.25) is 5.82 Å². The van der Waals surface area contributed by atoms with Gasteiger partial charge in [-0.2, -0.15) is 4.80 Å². The van der Waals surface area contributed by atoms with Gasteiger partial charge in [0, 0.05) is 11.6 Å². The van der Waals surface area contributed by atoms with Crippen LogP contribution >= 0.6 is 0 Å². The van der Waals surface area contributed by atoms with Gasteiger partial charge in [0.1, 0.15) is 11.5 Å². The third kappa shape index (κ3) is 5.31. The van der Waals surface area contributed by atoms with E-state index < -0.39 is 18.5 Å². The van der Waals surface area contributed by atoms with E-state index in [1.165, 1.54) is 14.2 Å². The van der Waals surface area contributed by atoms with Crippen LogP contribution in [0.3, 0.4) is 0 Å². The summed E-state index contributed by atoms with van der Waals surface area (Å²) >= 11 is 0. The predicted octanol–water partition coefficient (Wildman–Crippen LogP) is 1.85. The van der Waals surface area contributed by atoms with Gasteiger partial charge in [0.05, 0.1) is 19.9 Å². The number of anilines is 1. The molecule has 0 aliphatic carbocycles. The zero-order valence-corrected chi connectivity index (χ0v) is 16.8. The van der Waals surface area contributed by atoms with Gasteiger partial charge in [-0.05, 0) is 24.3 Å². The van der Waals surface area contributed by atoms with Crippen molar-refractivity contribution in [3.8, 4) is 22.9 Å². The Bertz CT molecular complexity index is 1030. The highest BCUT2D eigenvalue weighted by Gasteiger charge is 2.14. The number of esters is 1. The van der Waals surface area contributed by atoms with Gasteiger partial charge in [-0.1, -0.05) is 29.8 Å². The number of nitrogens with one attached hydrogen (secondary N) is 1. The van der Waals surface area contributed by atoms with E-state index in [0.29, 0.717) is 23.0 Å². The van der Waals surface area contributed by atoms with Gasteiger partial charge in [-0.15, -0.1) is 10.2 Å². The van der Waals surface area contributed by atoms with E-state index in [1.807, 2.05) is 31.2 Å². The molecule has 1 heterocycles. The summed E-state index contributed by atoms with van der Waals surface area (Å²) in [6.45, 7) is 1.25. The number of benzene rings is 2. The molecular weight excluding hydrogens is 390 g/mol. The fourth-order valence-electron chi connectivity index (χ4n) is 2.52. The van der Waals surface area contributed by atoms with Gasteiger partial charge in [0.15, 0.2) is 13.2 Å². The lowest BCUT2D eigenvalue weighted by Crippen LogP contribution is -2.23. The van der Waals surface area contributed by atoms with Crippen molar-refractivity contribution >= 4 is 17.6 Å². The van der Waals surface area contributed by atoms with E-state index in [-0.39, 0.29) is 6.54 Å². The van der Waals surface area contributed by atoms with E-state index in [2.05, 4.69) is 20.7 Å². The minimum Gasteiger partial charge on any atom is -0.497 e. The molecule has 3 aromatic rings. The number of methoxy groups -OCH3 is 2. The number of aryl methyl sites for hydroxylation is 1. The van der Waals surface area contributed by atoms with Crippen LogP contribution in [0.4, 0.5) is 5.69 Å². The zero-order valence-electron chi connectivity index (χ0n) is 16.8. The quantitative estimate of drug-likeness (QED) is 0.558. The molecule has 1 amide bonds. The minimum absolute atomic E-state index is 0.266. The molecule has 3 rings (SSSR count). The monoisotopic (exact) mass is 411 g/mol. The van der Waals surface area contributed by atoms with Crippen LogP contribution in [0, 0.1) is 6.92 Å². The molecule has 0 saturated heterocycles. The van der Waals surface area contributed by atoms with E-state index in [4.69, 9.17) is 14.2 Å². The molecule has 10 heteroatoms. The molecule has 2 aromatic carbocycles. The maximum absolute atomic E-state index is 12.1. The fraction of sp³-hybridized carbons (Fsp3) is 0.250. The molecule has 156 valence electrons. The van der Waals surface area contributed by atoms with Crippen molar-refractivity contribution in [2.75, 3.05) is 26.1 Å². The fourth-order valence-corrected chi connectivity index (χ4v) is 2.52. The number of hydrogen-bond acceptors (Lipinski definition) is 8. The van der Waals surface area contributed by atoms with Gasteiger partial charge < -0.3 is 19.5 Å². The summed E-state index contributed by atoms with van der Waals surface area (Å²) in [6, 6.07) is 12.5. The Balaban J connectivity index is 1.51. The van der Waals surface area contributed by atoms with Gasteiger partial charge in [-0.25, -0.2) is 4.79 Å². The molecule has 0 saturated carbocycles. The van der Waals surface area contributed by atoms with Crippen molar-refractivity contribution in [1.82, 2.24) is 20.2 Å². The maximum Gasteiger partial charge on any atom is 0.330 e. The number of nitrogens with zero attached hydrogens (tertiary/aromatic N) is 4. The van der Waals surface area contributed by atoms with Crippen LogP contribution in [0.1, 0.15) is 5.56 Å². The van der Waals surface area contributed by atoms with Gasteiger partial charge in [0.25, 0.3) is 5.91 Å². The lowest BCUT2D eigenvalue weighted by atomic mass is 10.1. The molecule has 1 N–H and O–H groups in total. The lowest BCUT2D eigenvalue weighted by molar-refractivity contribution is -0.148. The average molecular weight is 411 g/mol. The second-order valence-corrected chi connectivity index (χ2v) is 6.28. The summed E-state index contributed by atoms with van der Waals surface area (Å²) < 4.78 is 15.3. The molecule has 0 aliphatic rings. The smallest absolute Gasteiger partial charge is 0.330 e. The maximum atomic E-state index is 12.1. The normalized spacial score (nSPS) is 10.4. The van der Waals surface area contributed by atoms with E-state index in [0.717, 1.165) is 15.9 Å². The second-order valence-electron chi connectivity index (χ2n) is 6.28. The summed E-state index contributed by atoms with van der Waals surface area (Å²) in [4.78, 5) is 25.2. The molecule has 0 radical (unpaired) electrons. The lowest BCUT2D eigenvalue weighted by Gasteiger charge is -2.11. The summed E-state index contributed by atoms with van der Waals surface area (Å²) in [5.41, 5.74) is 2.33.